The molecule has 0 saturated carbocycles. The molecule has 0 radical (unpaired) electrons. The molecule has 1 aliphatic rings. The number of aryl methyl sites for hydroxylation is 1. The maximum absolute atomic E-state index is 12.8. The predicted octanol–water partition coefficient (Wildman–Crippen LogP) is 3.54. The summed E-state index contributed by atoms with van der Waals surface area (Å²) < 4.78 is 17.8. The third-order valence-corrected chi connectivity index (χ3v) is 4.52. The summed E-state index contributed by atoms with van der Waals surface area (Å²) in [6, 6.07) is 13.6. The number of hydrogen-bond acceptors (Lipinski definition) is 4. The normalized spacial score (nSPS) is 13.4. The van der Waals surface area contributed by atoms with Gasteiger partial charge < -0.3 is 15.0 Å². The smallest absolute Gasteiger partial charge is 0.306 e. The number of amides is 1. The van der Waals surface area contributed by atoms with Gasteiger partial charge in [0.25, 0.3) is 5.91 Å². The number of benzene rings is 2. The molecule has 6 heteroatoms. The summed E-state index contributed by atoms with van der Waals surface area (Å²) in [5.74, 6) is -1.15. The topological polar surface area (TPSA) is 58.6 Å². The molecule has 0 spiro atoms. The first-order valence-electron chi connectivity index (χ1n) is 9.15. The van der Waals surface area contributed by atoms with Crippen molar-refractivity contribution in [1.82, 2.24) is 0 Å². The second-order valence-corrected chi connectivity index (χ2v) is 6.58. The largest absolute Gasteiger partial charge is 0.456 e. The lowest BCUT2D eigenvalue weighted by atomic mass is 10.1. The third-order valence-electron chi connectivity index (χ3n) is 4.52. The fourth-order valence-corrected chi connectivity index (χ4v) is 3.04. The van der Waals surface area contributed by atoms with Crippen LogP contribution in [0.1, 0.15) is 24.8 Å². The van der Waals surface area contributed by atoms with Gasteiger partial charge in [0.15, 0.2) is 6.61 Å². The molecule has 0 bridgehead atoms. The van der Waals surface area contributed by atoms with Crippen molar-refractivity contribution in [3.63, 3.8) is 0 Å². The lowest BCUT2D eigenvalue weighted by molar-refractivity contribution is -0.147. The van der Waals surface area contributed by atoms with Crippen molar-refractivity contribution >= 4 is 23.3 Å². The number of hydrogen-bond donors (Lipinski definition) is 1. The van der Waals surface area contributed by atoms with Crippen LogP contribution in [0.4, 0.5) is 15.8 Å². The minimum absolute atomic E-state index is 0.142. The van der Waals surface area contributed by atoms with E-state index in [1.54, 1.807) is 12.1 Å². The van der Waals surface area contributed by atoms with Crippen LogP contribution in [0.15, 0.2) is 48.5 Å². The summed E-state index contributed by atoms with van der Waals surface area (Å²) in [4.78, 5) is 26.0. The highest BCUT2D eigenvalue weighted by molar-refractivity contribution is 5.92. The molecule has 1 amide bonds. The van der Waals surface area contributed by atoms with Crippen LogP contribution in [0.3, 0.4) is 0 Å². The van der Waals surface area contributed by atoms with Crippen LogP contribution >= 0.6 is 0 Å². The molecule has 1 saturated heterocycles. The molecule has 142 valence electrons. The number of anilines is 2. The van der Waals surface area contributed by atoms with E-state index in [4.69, 9.17) is 4.74 Å². The van der Waals surface area contributed by atoms with E-state index in [2.05, 4.69) is 10.2 Å². The van der Waals surface area contributed by atoms with Crippen molar-refractivity contribution in [1.29, 1.82) is 0 Å². The Balaban J connectivity index is 1.38. The van der Waals surface area contributed by atoms with Crippen LogP contribution in [-0.4, -0.2) is 31.6 Å². The SMILES string of the molecule is O=C(COC(=O)CCc1ccc(F)cc1)Nc1ccc(N2CCCC2)cc1. The van der Waals surface area contributed by atoms with Gasteiger partial charge in [-0.05, 0) is 61.2 Å². The summed E-state index contributed by atoms with van der Waals surface area (Å²) in [6.45, 7) is 1.81. The van der Waals surface area contributed by atoms with Gasteiger partial charge in [-0.2, -0.15) is 0 Å². The summed E-state index contributed by atoms with van der Waals surface area (Å²) >= 11 is 0. The monoisotopic (exact) mass is 370 g/mol. The number of esters is 1. The van der Waals surface area contributed by atoms with Gasteiger partial charge in [-0.3, -0.25) is 9.59 Å². The van der Waals surface area contributed by atoms with Gasteiger partial charge in [-0.25, -0.2) is 4.39 Å². The van der Waals surface area contributed by atoms with Gasteiger partial charge in [0.2, 0.25) is 0 Å². The van der Waals surface area contributed by atoms with E-state index in [0.717, 1.165) is 24.3 Å². The lowest BCUT2D eigenvalue weighted by Crippen LogP contribution is -2.21. The average Bonchev–Trinajstić information content (AvgIpc) is 3.21. The molecule has 1 aliphatic heterocycles. The molecule has 2 aromatic rings. The number of rotatable bonds is 7. The van der Waals surface area contributed by atoms with E-state index in [1.807, 2.05) is 24.3 Å². The van der Waals surface area contributed by atoms with E-state index in [9.17, 15) is 14.0 Å². The molecule has 0 aromatic heterocycles. The minimum atomic E-state index is -0.459. The molecular formula is C21H23FN2O3. The van der Waals surface area contributed by atoms with Crippen LogP contribution < -0.4 is 10.2 Å². The molecule has 27 heavy (non-hydrogen) atoms. The maximum atomic E-state index is 12.8. The first kappa shape index (κ1) is 18.9. The highest BCUT2D eigenvalue weighted by atomic mass is 19.1. The van der Waals surface area contributed by atoms with Crippen LogP contribution in [0.2, 0.25) is 0 Å². The molecule has 0 aliphatic carbocycles. The van der Waals surface area contributed by atoms with Gasteiger partial charge in [-0.1, -0.05) is 12.1 Å². The fraction of sp³-hybridized carbons (Fsp3) is 0.333. The van der Waals surface area contributed by atoms with Gasteiger partial charge in [0.05, 0.1) is 0 Å². The second-order valence-electron chi connectivity index (χ2n) is 6.58. The zero-order valence-electron chi connectivity index (χ0n) is 15.1. The van der Waals surface area contributed by atoms with E-state index in [-0.39, 0.29) is 24.8 Å². The van der Waals surface area contributed by atoms with Crippen molar-refractivity contribution < 1.29 is 18.7 Å². The molecule has 1 N–H and O–H groups in total. The highest BCUT2D eigenvalue weighted by Crippen LogP contribution is 2.22. The molecule has 2 aromatic carbocycles. The minimum Gasteiger partial charge on any atom is -0.456 e. The Morgan fingerprint density at radius 3 is 2.33 bits per heavy atom. The van der Waals surface area contributed by atoms with Crippen molar-refractivity contribution in [2.75, 3.05) is 29.9 Å². The number of ether oxygens (including phenoxy) is 1. The van der Waals surface area contributed by atoms with E-state index < -0.39 is 5.97 Å². The predicted molar refractivity (Wildman–Crippen MR) is 102 cm³/mol. The Labute approximate surface area is 158 Å². The second kappa shape index (κ2) is 9.16. The Morgan fingerprint density at radius 2 is 1.67 bits per heavy atom. The standard InChI is InChI=1S/C21H23FN2O3/c22-17-6-3-16(4-7-17)5-12-21(26)27-15-20(25)23-18-8-10-19(11-9-18)24-13-1-2-14-24/h3-4,6-11H,1-2,5,12-15H2,(H,23,25). The average molecular weight is 370 g/mol. The molecular weight excluding hydrogens is 347 g/mol. The van der Waals surface area contributed by atoms with Crippen LogP contribution in [0, 0.1) is 5.82 Å². The Morgan fingerprint density at radius 1 is 1.00 bits per heavy atom. The maximum Gasteiger partial charge on any atom is 0.306 e. The number of carbonyl (C=O) groups excluding carboxylic acids is 2. The van der Waals surface area contributed by atoms with Gasteiger partial charge in [0, 0.05) is 30.9 Å². The van der Waals surface area contributed by atoms with Gasteiger partial charge in [0.1, 0.15) is 5.82 Å². The van der Waals surface area contributed by atoms with Crippen LogP contribution in [0.25, 0.3) is 0 Å². The quantitative estimate of drug-likeness (QED) is 0.758. The first-order valence-corrected chi connectivity index (χ1v) is 9.15. The highest BCUT2D eigenvalue weighted by Gasteiger charge is 2.12. The summed E-state index contributed by atoms with van der Waals surface area (Å²) in [7, 11) is 0. The van der Waals surface area contributed by atoms with E-state index in [0.29, 0.717) is 12.1 Å². The summed E-state index contributed by atoms with van der Waals surface area (Å²) in [5, 5.41) is 2.72. The van der Waals surface area contributed by atoms with Crippen molar-refractivity contribution in [3.05, 3.63) is 59.9 Å². The van der Waals surface area contributed by atoms with E-state index >= 15 is 0 Å². The molecule has 3 rings (SSSR count). The number of nitrogens with one attached hydrogen (secondary N) is 1. The van der Waals surface area contributed by atoms with Gasteiger partial charge in [-0.15, -0.1) is 0 Å². The van der Waals surface area contributed by atoms with E-state index in [1.165, 1.54) is 25.0 Å². The molecule has 0 unspecified atom stereocenters. The Bertz CT molecular complexity index is 769. The van der Waals surface area contributed by atoms with Crippen molar-refractivity contribution in [2.45, 2.75) is 25.7 Å². The Hall–Kier alpha value is -2.89. The van der Waals surface area contributed by atoms with Crippen LogP contribution in [-0.2, 0) is 20.7 Å². The lowest BCUT2D eigenvalue weighted by Gasteiger charge is -2.17. The molecule has 5 nitrogen and oxygen atoms in total. The number of halogens is 1. The summed E-state index contributed by atoms with van der Waals surface area (Å²) in [6.07, 6.45) is 3.01. The van der Waals surface area contributed by atoms with Gasteiger partial charge >= 0.3 is 5.97 Å². The van der Waals surface area contributed by atoms with Crippen LogP contribution in [0.5, 0.6) is 0 Å². The molecule has 1 fully saturated rings. The summed E-state index contributed by atoms with van der Waals surface area (Å²) in [5.41, 5.74) is 2.67. The molecule has 0 atom stereocenters. The number of carbonyl (C=O) groups is 2. The zero-order valence-corrected chi connectivity index (χ0v) is 15.1. The fourth-order valence-electron chi connectivity index (χ4n) is 3.04. The first-order chi connectivity index (χ1) is 13.1. The zero-order chi connectivity index (χ0) is 19.1. The van der Waals surface area contributed by atoms with Crippen molar-refractivity contribution in [3.8, 4) is 0 Å². The third kappa shape index (κ3) is 5.81. The molecule has 1 heterocycles. The number of nitrogens with zero attached hydrogens (tertiary/aromatic N) is 1. The van der Waals surface area contributed by atoms with Crippen molar-refractivity contribution in [2.24, 2.45) is 0 Å². The Kier molecular flexibility index (Phi) is 6.41.